The molecule has 0 spiro atoms. The number of aliphatic carboxylic acids is 1. The first-order valence-electron chi connectivity index (χ1n) is 3.22. The Bertz CT molecular complexity index is 320. The predicted octanol–water partition coefficient (Wildman–Crippen LogP) is 2.19. The Hall–Kier alpha value is -1.33. The van der Waals surface area contributed by atoms with Crippen molar-refractivity contribution in [1.29, 1.82) is 0 Å². The van der Waals surface area contributed by atoms with Crippen LogP contribution in [0.1, 0.15) is 6.42 Å². The molecule has 1 aliphatic rings. The normalized spacial score (nSPS) is 28.8. The highest BCUT2D eigenvalue weighted by Crippen LogP contribution is 2.38. The third-order valence-electron chi connectivity index (χ3n) is 1.59. The molecule has 0 saturated carbocycles. The summed E-state index contributed by atoms with van der Waals surface area (Å²) in [7, 11) is 0. The fourth-order valence-electron chi connectivity index (χ4n) is 0.921. The zero-order valence-corrected chi connectivity index (χ0v) is 6.15. The molecule has 0 aliphatic heterocycles. The van der Waals surface area contributed by atoms with Gasteiger partial charge in [0.25, 0.3) is 5.67 Å². The van der Waals surface area contributed by atoms with E-state index in [1.165, 1.54) is 0 Å². The molecule has 2 nitrogen and oxygen atoms in total. The SMILES string of the molecule is O=C(O)C1(F)CC(F)=CC(F)=C1F. The molecular formula is C7H4F4O2. The molecule has 1 aliphatic carbocycles. The zero-order valence-electron chi connectivity index (χ0n) is 6.15. The fraction of sp³-hybridized carbons (Fsp3) is 0.286. The third-order valence-corrected chi connectivity index (χ3v) is 1.59. The first-order valence-corrected chi connectivity index (χ1v) is 3.22. The van der Waals surface area contributed by atoms with Gasteiger partial charge in [0.2, 0.25) is 0 Å². The van der Waals surface area contributed by atoms with E-state index in [2.05, 4.69) is 0 Å². The van der Waals surface area contributed by atoms with Crippen LogP contribution in [-0.4, -0.2) is 16.7 Å². The number of halogens is 4. The molecule has 0 radical (unpaired) electrons. The number of hydrogen-bond acceptors (Lipinski definition) is 1. The Morgan fingerprint density at radius 1 is 1.46 bits per heavy atom. The molecule has 0 aromatic rings. The highest BCUT2D eigenvalue weighted by Gasteiger charge is 2.49. The quantitative estimate of drug-likeness (QED) is 0.652. The van der Waals surface area contributed by atoms with Crippen LogP contribution in [0, 0.1) is 0 Å². The van der Waals surface area contributed by atoms with Gasteiger partial charge < -0.3 is 5.11 Å². The molecule has 1 atom stereocenters. The molecule has 1 unspecified atom stereocenters. The van der Waals surface area contributed by atoms with Crippen molar-refractivity contribution < 1.29 is 27.5 Å². The van der Waals surface area contributed by atoms with Crippen LogP contribution < -0.4 is 0 Å². The summed E-state index contributed by atoms with van der Waals surface area (Å²) >= 11 is 0. The summed E-state index contributed by atoms with van der Waals surface area (Å²) in [6.07, 6.45) is -1.20. The third kappa shape index (κ3) is 1.43. The minimum Gasteiger partial charge on any atom is -0.479 e. The number of alkyl halides is 1. The lowest BCUT2D eigenvalue weighted by atomic mass is 9.95. The topological polar surface area (TPSA) is 37.3 Å². The van der Waals surface area contributed by atoms with Crippen molar-refractivity contribution >= 4 is 5.97 Å². The second-order valence-corrected chi connectivity index (χ2v) is 2.54. The largest absolute Gasteiger partial charge is 0.479 e. The van der Waals surface area contributed by atoms with E-state index in [1.807, 2.05) is 0 Å². The van der Waals surface area contributed by atoms with Crippen LogP contribution in [0.5, 0.6) is 0 Å². The monoisotopic (exact) mass is 196 g/mol. The Balaban J connectivity index is 3.20. The van der Waals surface area contributed by atoms with Crippen molar-refractivity contribution in [2.45, 2.75) is 12.1 Å². The van der Waals surface area contributed by atoms with Crippen LogP contribution in [-0.2, 0) is 4.79 Å². The minimum atomic E-state index is -3.61. The Kier molecular flexibility index (Phi) is 2.15. The van der Waals surface area contributed by atoms with E-state index >= 15 is 0 Å². The van der Waals surface area contributed by atoms with Crippen molar-refractivity contribution in [2.24, 2.45) is 0 Å². The number of carboxylic acid groups (broad SMARTS) is 1. The first kappa shape index (κ1) is 9.76. The second kappa shape index (κ2) is 2.86. The molecule has 72 valence electrons. The highest BCUT2D eigenvalue weighted by atomic mass is 19.2. The number of hydrogen-bond donors (Lipinski definition) is 1. The smallest absolute Gasteiger partial charge is 0.349 e. The van der Waals surface area contributed by atoms with Crippen LogP contribution in [0.2, 0.25) is 0 Å². The fourth-order valence-corrected chi connectivity index (χ4v) is 0.921. The standard InChI is InChI=1S/C7H4F4O2/c8-3-1-4(9)5(10)7(11,2-3)6(12)13/h1H,2H2,(H,12,13). The average Bonchev–Trinajstić information content (AvgIpc) is 1.99. The number of carbonyl (C=O) groups is 1. The molecule has 0 saturated heterocycles. The summed E-state index contributed by atoms with van der Waals surface area (Å²) in [4.78, 5) is 10.2. The van der Waals surface area contributed by atoms with Crippen molar-refractivity contribution in [1.82, 2.24) is 0 Å². The Morgan fingerprint density at radius 2 is 2.00 bits per heavy atom. The van der Waals surface area contributed by atoms with Gasteiger partial charge in [0, 0.05) is 6.08 Å². The summed E-state index contributed by atoms with van der Waals surface area (Å²) in [6, 6.07) is 0. The molecule has 0 heterocycles. The lowest BCUT2D eigenvalue weighted by Crippen LogP contribution is -2.36. The minimum absolute atomic E-state index is 0.121. The van der Waals surface area contributed by atoms with Gasteiger partial charge >= 0.3 is 5.97 Å². The maximum Gasteiger partial charge on any atom is 0.349 e. The van der Waals surface area contributed by atoms with Gasteiger partial charge in [-0.1, -0.05) is 0 Å². The van der Waals surface area contributed by atoms with Gasteiger partial charge in [-0.15, -0.1) is 0 Å². The van der Waals surface area contributed by atoms with Gasteiger partial charge in [-0.05, 0) is 0 Å². The van der Waals surface area contributed by atoms with Crippen molar-refractivity contribution in [2.75, 3.05) is 0 Å². The van der Waals surface area contributed by atoms with Crippen molar-refractivity contribution in [3.05, 3.63) is 23.6 Å². The van der Waals surface area contributed by atoms with Crippen LogP contribution in [0.15, 0.2) is 23.6 Å². The zero-order chi connectivity index (χ0) is 10.2. The van der Waals surface area contributed by atoms with E-state index in [-0.39, 0.29) is 6.08 Å². The lowest BCUT2D eigenvalue weighted by molar-refractivity contribution is -0.149. The molecule has 0 bridgehead atoms. The molecule has 1 N–H and O–H groups in total. The summed E-state index contributed by atoms with van der Waals surface area (Å²) in [5, 5.41) is 8.19. The first-order chi connectivity index (χ1) is 5.88. The number of rotatable bonds is 1. The summed E-state index contributed by atoms with van der Waals surface area (Å²) in [5.41, 5.74) is -3.61. The Labute approximate surface area is 70.2 Å². The molecule has 0 aromatic carbocycles. The van der Waals surface area contributed by atoms with Gasteiger partial charge in [-0.3, -0.25) is 0 Å². The second-order valence-electron chi connectivity index (χ2n) is 2.54. The van der Waals surface area contributed by atoms with E-state index < -0.39 is 35.5 Å². The maximum atomic E-state index is 13.0. The van der Waals surface area contributed by atoms with E-state index in [4.69, 9.17) is 5.11 Å². The van der Waals surface area contributed by atoms with Crippen molar-refractivity contribution in [3.8, 4) is 0 Å². The van der Waals surface area contributed by atoms with Gasteiger partial charge in [-0.25, -0.2) is 22.4 Å². The highest BCUT2D eigenvalue weighted by molar-refractivity contribution is 5.82. The van der Waals surface area contributed by atoms with E-state index in [1.54, 1.807) is 0 Å². The van der Waals surface area contributed by atoms with Crippen molar-refractivity contribution in [3.63, 3.8) is 0 Å². The molecule has 0 aromatic heterocycles. The number of carboxylic acids is 1. The molecule has 0 fully saturated rings. The van der Waals surface area contributed by atoms with E-state index in [0.29, 0.717) is 0 Å². The molecule has 1 rings (SSSR count). The Morgan fingerprint density at radius 3 is 2.46 bits per heavy atom. The molecular weight excluding hydrogens is 192 g/mol. The maximum absolute atomic E-state index is 13.0. The van der Waals surface area contributed by atoms with Crippen LogP contribution in [0.25, 0.3) is 0 Å². The van der Waals surface area contributed by atoms with Gasteiger partial charge in [0.15, 0.2) is 11.7 Å². The van der Waals surface area contributed by atoms with E-state index in [9.17, 15) is 22.4 Å². The summed E-state index contributed by atoms with van der Waals surface area (Å²) < 4.78 is 50.4. The predicted molar refractivity (Wildman–Crippen MR) is 34.5 cm³/mol. The molecule has 13 heavy (non-hydrogen) atoms. The van der Waals surface area contributed by atoms with Crippen LogP contribution >= 0.6 is 0 Å². The van der Waals surface area contributed by atoms with Gasteiger partial charge in [0.05, 0.1) is 6.42 Å². The lowest BCUT2D eigenvalue weighted by Gasteiger charge is -2.20. The van der Waals surface area contributed by atoms with Crippen LogP contribution in [0.3, 0.4) is 0 Å². The average molecular weight is 196 g/mol. The van der Waals surface area contributed by atoms with E-state index in [0.717, 1.165) is 0 Å². The number of allylic oxidation sites excluding steroid dienone is 3. The van der Waals surface area contributed by atoms with Gasteiger partial charge in [0.1, 0.15) is 5.83 Å². The molecule has 6 heteroatoms. The molecule has 0 amide bonds. The van der Waals surface area contributed by atoms with Gasteiger partial charge in [-0.2, -0.15) is 0 Å². The van der Waals surface area contributed by atoms with Crippen LogP contribution in [0.4, 0.5) is 17.6 Å². The summed E-state index contributed by atoms with van der Waals surface area (Å²) in [5.74, 6) is -7.51. The summed E-state index contributed by atoms with van der Waals surface area (Å²) in [6.45, 7) is 0.